The molecule has 0 aliphatic heterocycles. The smallest absolute Gasteiger partial charge is 0.292 e. The van der Waals surface area contributed by atoms with Crippen molar-refractivity contribution in [3.8, 4) is 0 Å². The first-order valence-corrected chi connectivity index (χ1v) is 7.05. The number of carbonyl (C=O) groups excluding carboxylic acids is 1. The molecule has 0 saturated carbocycles. The van der Waals surface area contributed by atoms with E-state index in [-0.39, 0.29) is 11.5 Å². The molecule has 0 fully saturated rings. The van der Waals surface area contributed by atoms with Crippen LogP contribution in [0.2, 0.25) is 0 Å². The van der Waals surface area contributed by atoms with Crippen molar-refractivity contribution in [2.75, 3.05) is 0 Å². The Morgan fingerprint density at radius 1 is 1.23 bits per heavy atom. The Kier molecular flexibility index (Phi) is 4.12. The Hall–Kier alpha value is -2.50. The fourth-order valence-corrected chi connectivity index (χ4v) is 2.54. The van der Waals surface area contributed by atoms with Crippen LogP contribution in [-0.4, -0.2) is 20.5 Å². The number of hydrogen-bond acceptors (Lipinski definition) is 4. The van der Waals surface area contributed by atoms with Gasteiger partial charge in [-0.1, -0.05) is 12.1 Å². The summed E-state index contributed by atoms with van der Waals surface area (Å²) >= 11 is 0. The van der Waals surface area contributed by atoms with Gasteiger partial charge < -0.3 is 0 Å². The molecule has 22 heavy (non-hydrogen) atoms. The van der Waals surface area contributed by atoms with Crippen LogP contribution < -0.4 is 0 Å². The van der Waals surface area contributed by atoms with Crippen LogP contribution in [0.5, 0.6) is 0 Å². The van der Waals surface area contributed by atoms with Gasteiger partial charge in [-0.3, -0.25) is 19.6 Å². The standard InChI is InChI=1S/C16H19N3O3/c1-9-6-7-14(8-10(9)2)16(20)13(5)18-12(4)15(19(21)22)11(3)17-18/h6-8,13H,1-5H3/t13-/m0/s1. The quantitative estimate of drug-likeness (QED) is 0.492. The van der Waals surface area contributed by atoms with Gasteiger partial charge in [0.15, 0.2) is 5.78 Å². The third kappa shape index (κ3) is 2.64. The van der Waals surface area contributed by atoms with Gasteiger partial charge in [0.05, 0.1) is 4.92 Å². The lowest BCUT2D eigenvalue weighted by molar-refractivity contribution is -0.386. The molecule has 0 unspecified atom stereocenters. The fourth-order valence-electron chi connectivity index (χ4n) is 2.54. The minimum atomic E-state index is -0.588. The zero-order valence-electron chi connectivity index (χ0n) is 13.4. The lowest BCUT2D eigenvalue weighted by Gasteiger charge is -2.13. The Bertz CT molecular complexity index is 762. The fraction of sp³-hybridized carbons (Fsp3) is 0.375. The molecule has 0 saturated heterocycles. The summed E-state index contributed by atoms with van der Waals surface area (Å²) in [4.78, 5) is 23.2. The second-order valence-corrected chi connectivity index (χ2v) is 5.56. The van der Waals surface area contributed by atoms with Crippen LogP contribution in [-0.2, 0) is 0 Å². The number of ketones is 1. The molecule has 1 aromatic carbocycles. The van der Waals surface area contributed by atoms with Gasteiger partial charge in [-0.2, -0.15) is 5.10 Å². The van der Waals surface area contributed by atoms with E-state index in [1.165, 1.54) is 4.68 Å². The molecule has 0 N–H and O–H groups in total. The molecule has 0 amide bonds. The average Bonchev–Trinajstić information content (AvgIpc) is 2.75. The molecule has 0 bridgehead atoms. The van der Waals surface area contributed by atoms with Crippen molar-refractivity contribution in [1.82, 2.24) is 9.78 Å². The van der Waals surface area contributed by atoms with Crippen molar-refractivity contribution in [1.29, 1.82) is 0 Å². The molecule has 2 aromatic rings. The highest BCUT2D eigenvalue weighted by atomic mass is 16.6. The van der Waals surface area contributed by atoms with Crippen LogP contribution in [0.25, 0.3) is 0 Å². The topological polar surface area (TPSA) is 78.0 Å². The number of hydrogen-bond donors (Lipinski definition) is 0. The Morgan fingerprint density at radius 2 is 1.86 bits per heavy atom. The second kappa shape index (κ2) is 5.71. The number of nitrogens with zero attached hydrogens (tertiary/aromatic N) is 3. The highest BCUT2D eigenvalue weighted by Crippen LogP contribution is 2.26. The van der Waals surface area contributed by atoms with Gasteiger partial charge >= 0.3 is 5.69 Å². The van der Waals surface area contributed by atoms with E-state index in [2.05, 4.69) is 5.10 Å². The molecule has 0 radical (unpaired) electrons. The predicted octanol–water partition coefficient (Wildman–Crippen LogP) is 3.47. The predicted molar refractivity (Wildman–Crippen MR) is 83.3 cm³/mol. The summed E-state index contributed by atoms with van der Waals surface area (Å²) in [5.74, 6) is -0.108. The third-order valence-electron chi connectivity index (χ3n) is 4.01. The van der Waals surface area contributed by atoms with E-state index in [1.807, 2.05) is 26.0 Å². The first-order chi connectivity index (χ1) is 10.2. The summed E-state index contributed by atoms with van der Waals surface area (Å²) in [7, 11) is 0. The Balaban J connectivity index is 2.41. The first kappa shape index (κ1) is 15.9. The van der Waals surface area contributed by atoms with E-state index < -0.39 is 11.0 Å². The molecule has 6 nitrogen and oxygen atoms in total. The number of carbonyl (C=O) groups is 1. The van der Waals surface area contributed by atoms with E-state index in [0.717, 1.165) is 11.1 Å². The Morgan fingerprint density at radius 3 is 2.36 bits per heavy atom. The lowest BCUT2D eigenvalue weighted by atomic mass is 10.0. The molecular formula is C16H19N3O3. The third-order valence-corrected chi connectivity index (χ3v) is 4.01. The lowest BCUT2D eigenvalue weighted by Crippen LogP contribution is -2.19. The van der Waals surface area contributed by atoms with Crippen LogP contribution in [0.15, 0.2) is 18.2 Å². The zero-order chi connectivity index (χ0) is 16.6. The van der Waals surface area contributed by atoms with E-state index >= 15 is 0 Å². The second-order valence-electron chi connectivity index (χ2n) is 5.56. The summed E-state index contributed by atoms with van der Waals surface area (Å²) in [5.41, 5.74) is 3.43. The monoisotopic (exact) mass is 301 g/mol. The van der Waals surface area contributed by atoms with Crippen LogP contribution in [0, 0.1) is 37.8 Å². The highest BCUT2D eigenvalue weighted by molar-refractivity contribution is 5.99. The molecule has 0 spiro atoms. The molecule has 1 aromatic heterocycles. The highest BCUT2D eigenvalue weighted by Gasteiger charge is 2.27. The molecular weight excluding hydrogens is 282 g/mol. The van der Waals surface area contributed by atoms with Gasteiger partial charge in [-0.05, 0) is 51.8 Å². The van der Waals surface area contributed by atoms with Gasteiger partial charge in [0.2, 0.25) is 0 Å². The molecule has 2 rings (SSSR count). The van der Waals surface area contributed by atoms with Crippen LogP contribution in [0.3, 0.4) is 0 Å². The van der Waals surface area contributed by atoms with Crippen molar-refractivity contribution < 1.29 is 9.72 Å². The number of benzene rings is 1. The molecule has 0 aliphatic carbocycles. The summed E-state index contributed by atoms with van der Waals surface area (Å²) in [6.45, 7) is 8.83. The average molecular weight is 301 g/mol. The maximum Gasteiger partial charge on any atom is 0.312 e. The number of nitro groups is 1. The summed E-state index contributed by atoms with van der Waals surface area (Å²) in [6, 6.07) is 4.93. The van der Waals surface area contributed by atoms with Crippen molar-refractivity contribution in [3.05, 3.63) is 56.4 Å². The number of rotatable bonds is 4. The molecule has 1 heterocycles. The zero-order valence-corrected chi connectivity index (χ0v) is 13.4. The van der Waals surface area contributed by atoms with Crippen LogP contribution in [0.4, 0.5) is 5.69 Å². The van der Waals surface area contributed by atoms with E-state index in [4.69, 9.17) is 0 Å². The maximum atomic E-state index is 12.6. The van der Waals surface area contributed by atoms with Crippen molar-refractivity contribution >= 4 is 11.5 Å². The van der Waals surface area contributed by atoms with Crippen molar-refractivity contribution in [3.63, 3.8) is 0 Å². The van der Waals surface area contributed by atoms with Crippen LogP contribution >= 0.6 is 0 Å². The molecule has 116 valence electrons. The number of Topliss-reactive ketones (excluding diaryl/α,β-unsaturated/α-hetero) is 1. The minimum Gasteiger partial charge on any atom is -0.292 e. The van der Waals surface area contributed by atoms with E-state index in [0.29, 0.717) is 17.0 Å². The Labute approximate surface area is 128 Å². The van der Waals surface area contributed by atoms with E-state index in [9.17, 15) is 14.9 Å². The normalized spacial score (nSPS) is 12.2. The SMILES string of the molecule is Cc1ccc(C(=O)[C@H](C)n2nc(C)c([N+](=O)[O-])c2C)cc1C. The van der Waals surface area contributed by atoms with Gasteiger partial charge in [-0.25, -0.2) is 0 Å². The largest absolute Gasteiger partial charge is 0.312 e. The van der Waals surface area contributed by atoms with E-state index in [1.54, 1.807) is 26.8 Å². The first-order valence-electron chi connectivity index (χ1n) is 7.05. The van der Waals surface area contributed by atoms with Gasteiger partial charge in [-0.15, -0.1) is 0 Å². The van der Waals surface area contributed by atoms with Crippen molar-refractivity contribution in [2.45, 2.75) is 40.7 Å². The van der Waals surface area contributed by atoms with Gasteiger partial charge in [0.25, 0.3) is 0 Å². The van der Waals surface area contributed by atoms with Gasteiger partial charge in [0, 0.05) is 5.56 Å². The van der Waals surface area contributed by atoms with Crippen molar-refractivity contribution in [2.24, 2.45) is 0 Å². The summed E-state index contributed by atoms with van der Waals surface area (Å²) < 4.78 is 1.44. The molecule has 0 aliphatic rings. The molecule has 1 atom stereocenters. The van der Waals surface area contributed by atoms with Gasteiger partial charge in [0.1, 0.15) is 17.4 Å². The number of aromatic nitrogens is 2. The maximum absolute atomic E-state index is 12.6. The summed E-state index contributed by atoms with van der Waals surface area (Å²) in [6.07, 6.45) is 0. The molecule has 6 heteroatoms. The van der Waals surface area contributed by atoms with Crippen LogP contribution in [0.1, 0.15) is 45.8 Å². The number of aryl methyl sites for hydroxylation is 3. The minimum absolute atomic E-state index is 0.0280. The summed E-state index contributed by atoms with van der Waals surface area (Å²) in [5, 5.41) is 15.2.